The van der Waals surface area contributed by atoms with Gasteiger partial charge in [-0.05, 0) is 22.8 Å². The summed E-state index contributed by atoms with van der Waals surface area (Å²) < 4.78 is 17.8. The predicted octanol–water partition coefficient (Wildman–Crippen LogP) is 2.07. The third kappa shape index (κ3) is 3.79. The zero-order chi connectivity index (χ0) is 21.1. The Hall–Kier alpha value is -3.95. The van der Waals surface area contributed by atoms with Crippen LogP contribution < -0.4 is 5.43 Å². The molecule has 0 amide bonds. The van der Waals surface area contributed by atoms with Crippen LogP contribution in [0.25, 0.3) is 0 Å². The average Bonchev–Trinajstić information content (AvgIpc) is 3.06. The minimum atomic E-state index is -2.93. The van der Waals surface area contributed by atoms with Crippen molar-refractivity contribution >= 4 is 41.8 Å². The minimum Gasteiger partial charge on any atom is -0.566 e. The molecule has 0 spiro atoms. The molecule has 2 aliphatic rings. The van der Waals surface area contributed by atoms with E-state index in [4.69, 9.17) is 14.0 Å². The Morgan fingerprint density at radius 1 is 1.13 bits per heavy atom. The lowest BCUT2D eigenvalue weighted by molar-refractivity contribution is -0.443. The van der Waals surface area contributed by atoms with Gasteiger partial charge in [0.15, 0.2) is 5.71 Å². The maximum atomic E-state index is 12.7. The van der Waals surface area contributed by atoms with Gasteiger partial charge in [-0.3, -0.25) is 10.2 Å². The minimum absolute atomic E-state index is 0.00295. The van der Waals surface area contributed by atoms with Gasteiger partial charge in [-0.1, -0.05) is 48.5 Å². The summed E-state index contributed by atoms with van der Waals surface area (Å²) in [5.74, 6) is -1.20. The summed E-state index contributed by atoms with van der Waals surface area (Å²) in [5.41, 5.74) is 4.77. The van der Waals surface area contributed by atoms with Crippen molar-refractivity contribution in [2.75, 3.05) is 5.43 Å². The zero-order valence-electron chi connectivity index (χ0n) is 16.4. The quantitative estimate of drug-likeness (QED) is 0.603. The SMILES string of the molecule is CC(=O)O[B-]12OC(=O)/C(=N/Nc3ccccc3)C(C)=[N+]1N=C(Cc1ccccc1)O2. The number of nitrogens with one attached hydrogen (secondary N) is 1. The van der Waals surface area contributed by atoms with Crippen molar-refractivity contribution in [3.63, 3.8) is 0 Å². The Labute approximate surface area is 172 Å². The van der Waals surface area contributed by atoms with Crippen LogP contribution in [0.1, 0.15) is 19.4 Å². The third-order valence-corrected chi connectivity index (χ3v) is 4.52. The van der Waals surface area contributed by atoms with Crippen LogP contribution in [-0.4, -0.2) is 40.7 Å². The molecule has 30 heavy (non-hydrogen) atoms. The molecule has 0 radical (unpaired) electrons. The van der Waals surface area contributed by atoms with Crippen LogP contribution in [0.4, 0.5) is 5.69 Å². The lowest BCUT2D eigenvalue weighted by atomic mass is 9.93. The van der Waals surface area contributed by atoms with Crippen LogP contribution in [0.3, 0.4) is 0 Å². The summed E-state index contributed by atoms with van der Waals surface area (Å²) in [4.78, 5) is 24.4. The Balaban J connectivity index is 1.70. The summed E-state index contributed by atoms with van der Waals surface area (Å²) in [6.07, 6.45) is 0.335. The summed E-state index contributed by atoms with van der Waals surface area (Å²) in [5, 5.41) is 8.56. The van der Waals surface area contributed by atoms with Crippen molar-refractivity contribution in [2.24, 2.45) is 10.2 Å². The number of rotatable bonds is 5. The van der Waals surface area contributed by atoms with Gasteiger partial charge in [-0.25, -0.2) is 4.79 Å². The number of fused-ring (bicyclic) bond motifs is 1. The third-order valence-electron chi connectivity index (χ3n) is 4.52. The van der Waals surface area contributed by atoms with E-state index in [9.17, 15) is 9.59 Å². The highest BCUT2D eigenvalue weighted by molar-refractivity contribution is 6.74. The number of hydrogen-bond acceptors (Lipinski definition) is 8. The first-order valence-electron chi connectivity index (χ1n) is 9.36. The van der Waals surface area contributed by atoms with Gasteiger partial charge in [0.05, 0.1) is 12.1 Å². The van der Waals surface area contributed by atoms with E-state index in [0.717, 1.165) is 5.56 Å². The van der Waals surface area contributed by atoms with E-state index in [0.29, 0.717) is 17.8 Å². The van der Waals surface area contributed by atoms with Crippen molar-refractivity contribution in [3.05, 3.63) is 66.2 Å². The monoisotopic (exact) mass is 406 g/mol. The molecule has 0 aromatic heterocycles. The highest BCUT2D eigenvalue weighted by Crippen LogP contribution is 2.25. The first-order valence-corrected chi connectivity index (χ1v) is 9.36. The van der Waals surface area contributed by atoms with Crippen LogP contribution in [0.5, 0.6) is 0 Å². The molecule has 2 heterocycles. The van der Waals surface area contributed by atoms with Crippen molar-refractivity contribution in [2.45, 2.75) is 20.3 Å². The topological polar surface area (TPSA) is 102 Å². The van der Waals surface area contributed by atoms with Gasteiger partial charge in [-0.15, -0.1) is 0 Å². The fourth-order valence-corrected chi connectivity index (χ4v) is 3.18. The van der Waals surface area contributed by atoms with Crippen LogP contribution in [-0.2, 0) is 30.0 Å². The molecule has 10 heteroatoms. The van der Waals surface area contributed by atoms with Gasteiger partial charge < -0.3 is 14.0 Å². The predicted molar refractivity (Wildman–Crippen MR) is 111 cm³/mol. The van der Waals surface area contributed by atoms with Crippen molar-refractivity contribution in [3.8, 4) is 0 Å². The molecule has 4 rings (SSSR count). The van der Waals surface area contributed by atoms with E-state index in [2.05, 4.69) is 15.6 Å². The average molecular weight is 406 g/mol. The second kappa shape index (κ2) is 7.82. The van der Waals surface area contributed by atoms with Crippen molar-refractivity contribution < 1.29 is 28.1 Å². The molecular formula is C20H19BN4O5. The number of hydrogen-bond donors (Lipinski definition) is 1. The molecule has 1 unspecified atom stereocenters. The Bertz CT molecular complexity index is 1080. The maximum Gasteiger partial charge on any atom is 0.908 e. The standard InChI is InChI=1S/C20H19BN4O5/c1-14-19(23-22-17-11-7-4-8-12-17)20(27)30-21(28-15(2)26)25(14)24-18(29-21)13-16-9-5-3-6-10-16/h3-12,22H,13H2,1-2H3/b23-19+. The molecule has 2 aromatic rings. The van der Waals surface area contributed by atoms with Crippen LogP contribution >= 0.6 is 0 Å². The molecule has 0 bridgehead atoms. The van der Waals surface area contributed by atoms with Gasteiger partial charge in [0, 0.05) is 13.8 Å². The Morgan fingerprint density at radius 3 is 2.47 bits per heavy atom. The second-order valence-electron chi connectivity index (χ2n) is 6.76. The summed E-state index contributed by atoms with van der Waals surface area (Å²) in [6.45, 7) is -0.0968. The molecule has 0 fully saturated rings. The molecule has 0 saturated heterocycles. The second-order valence-corrected chi connectivity index (χ2v) is 6.76. The Kier molecular flexibility index (Phi) is 5.05. The van der Waals surface area contributed by atoms with E-state index in [1.165, 1.54) is 11.5 Å². The van der Waals surface area contributed by atoms with E-state index in [-0.39, 0.29) is 11.6 Å². The summed E-state index contributed by atoms with van der Waals surface area (Å²) >= 11 is 0. The summed E-state index contributed by atoms with van der Waals surface area (Å²) in [6, 6.07) is 18.6. The van der Waals surface area contributed by atoms with Crippen molar-refractivity contribution in [1.82, 2.24) is 0 Å². The lowest BCUT2D eigenvalue weighted by Crippen LogP contribution is -2.61. The lowest BCUT2D eigenvalue weighted by Gasteiger charge is -2.30. The number of carbonyl (C=O) groups excluding carboxylic acids is 2. The molecule has 2 aliphatic heterocycles. The fourth-order valence-electron chi connectivity index (χ4n) is 3.18. The molecule has 0 saturated carbocycles. The fraction of sp³-hybridized carbons (Fsp3) is 0.150. The number of anilines is 1. The zero-order valence-corrected chi connectivity index (χ0v) is 16.4. The normalized spacial score (nSPS) is 21.5. The largest absolute Gasteiger partial charge is 0.908 e. The van der Waals surface area contributed by atoms with Crippen LogP contribution in [0.15, 0.2) is 70.9 Å². The molecule has 1 atom stereocenters. The molecule has 0 aliphatic carbocycles. The highest BCUT2D eigenvalue weighted by Gasteiger charge is 2.66. The number of para-hydroxylation sites is 1. The van der Waals surface area contributed by atoms with Crippen LogP contribution in [0, 0.1) is 0 Å². The van der Waals surface area contributed by atoms with E-state index >= 15 is 0 Å². The molecule has 152 valence electrons. The molecular weight excluding hydrogens is 387 g/mol. The molecule has 2 aromatic carbocycles. The van der Waals surface area contributed by atoms with E-state index in [1.54, 1.807) is 19.1 Å². The number of benzene rings is 2. The smallest absolute Gasteiger partial charge is 0.566 e. The van der Waals surface area contributed by atoms with Gasteiger partial charge in [0.1, 0.15) is 0 Å². The molecule has 9 nitrogen and oxygen atoms in total. The highest BCUT2D eigenvalue weighted by atomic mass is 16.8. The number of nitrogens with zero attached hydrogens (tertiary/aromatic N) is 3. The van der Waals surface area contributed by atoms with Crippen molar-refractivity contribution in [1.29, 1.82) is 0 Å². The molecule has 1 N–H and O–H groups in total. The number of hydrazone groups is 2. The first kappa shape index (κ1) is 19.4. The van der Waals surface area contributed by atoms with E-state index < -0.39 is 18.8 Å². The van der Waals surface area contributed by atoms with E-state index in [1.807, 2.05) is 48.5 Å². The maximum absolute atomic E-state index is 12.7. The number of carbonyl (C=O) groups is 2. The Morgan fingerprint density at radius 2 is 1.80 bits per heavy atom. The van der Waals surface area contributed by atoms with Gasteiger partial charge in [0.25, 0.3) is 5.97 Å². The first-order chi connectivity index (χ1) is 14.5. The summed E-state index contributed by atoms with van der Waals surface area (Å²) in [7, 11) is 0. The van der Waals surface area contributed by atoms with Crippen LogP contribution in [0.2, 0.25) is 0 Å². The van der Waals surface area contributed by atoms with Gasteiger partial charge in [-0.2, -0.15) is 9.70 Å². The van der Waals surface area contributed by atoms with Gasteiger partial charge >= 0.3 is 12.9 Å². The van der Waals surface area contributed by atoms with Gasteiger partial charge in [0.2, 0.25) is 11.6 Å².